The molecule has 77 heavy (non-hydrogen) atoms. The second-order valence-corrected chi connectivity index (χ2v) is 26.8. The molecule has 5 aromatic carbocycles. The number of likely N-dealkylation sites (tertiary alicyclic amines) is 1. The van der Waals surface area contributed by atoms with E-state index >= 15 is 0 Å². The largest absolute Gasteiger partial charge is 0.481 e. The molecular weight excluding hydrogens is 1020 g/mol. The van der Waals surface area contributed by atoms with Crippen LogP contribution >= 0.6 is 15.9 Å². The predicted octanol–water partition coefficient (Wildman–Crippen LogP) is 15.4. The van der Waals surface area contributed by atoms with Crippen molar-refractivity contribution in [3.8, 4) is 5.88 Å². The van der Waals surface area contributed by atoms with Crippen LogP contribution in [0.2, 0.25) is 0 Å². The number of halogens is 1. The molecule has 9 heteroatoms. The fourth-order valence-corrected chi connectivity index (χ4v) is 15.0. The van der Waals surface area contributed by atoms with Gasteiger partial charge in [0.25, 0.3) is 0 Å². The Morgan fingerprint density at radius 3 is 2.27 bits per heavy atom. The van der Waals surface area contributed by atoms with Crippen LogP contribution in [0.4, 0.5) is 5.69 Å². The van der Waals surface area contributed by atoms with Crippen molar-refractivity contribution >= 4 is 55.0 Å². The van der Waals surface area contributed by atoms with Gasteiger partial charge in [0.1, 0.15) is 5.60 Å². The molecule has 2 heterocycles. The third-order valence-corrected chi connectivity index (χ3v) is 19.1. The number of nitrogens with zero attached hydrogens (tertiary/aromatic N) is 3. The van der Waals surface area contributed by atoms with Crippen LogP contribution in [0.1, 0.15) is 147 Å². The number of rotatable bonds is 12. The van der Waals surface area contributed by atoms with Crippen LogP contribution in [-0.2, 0) is 26.0 Å². The highest BCUT2D eigenvalue weighted by Crippen LogP contribution is 2.65. The van der Waals surface area contributed by atoms with E-state index in [-0.39, 0.29) is 33.5 Å². The molecular formula is C68H85BrN4O4. The molecule has 3 aliphatic carbocycles. The summed E-state index contributed by atoms with van der Waals surface area (Å²) >= 11 is 3.60. The first-order valence-corrected chi connectivity index (χ1v) is 29.3. The number of ether oxygens (including phenoxy) is 1. The predicted molar refractivity (Wildman–Crippen MR) is 321 cm³/mol. The van der Waals surface area contributed by atoms with Crippen LogP contribution in [0.3, 0.4) is 0 Å². The van der Waals surface area contributed by atoms with E-state index in [9.17, 15) is 14.7 Å². The maximum absolute atomic E-state index is 14.2. The maximum atomic E-state index is 14.2. The lowest BCUT2D eigenvalue weighted by Gasteiger charge is -2.60. The second-order valence-electron chi connectivity index (χ2n) is 25.9. The molecule has 0 spiro atoms. The van der Waals surface area contributed by atoms with Crippen LogP contribution in [0.25, 0.3) is 21.7 Å². The lowest BCUT2D eigenvalue weighted by molar-refractivity contribution is -0.129. The first-order valence-electron chi connectivity index (χ1n) is 28.5. The molecule has 8 nitrogen and oxygen atoms in total. The Bertz CT molecular complexity index is 3150. The molecule has 1 aliphatic heterocycles. The van der Waals surface area contributed by atoms with E-state index in [1.807, 2.05) is 68.7 Å². The van der Waals surface area contributed by atoms with Gasteiger partial charge in [0.05, 0.1) is 12.6 Å². The van der Waals surface area contributed by atoms with Crippen LogP contribution in [-0.4, -0.2) is 72.4 Å². The van der Waals surface area contributed by atoms with E-state index in [0.717, 1.165) is 100 Å². The molecule has 1 aromatic heterocycles. The molecule has 0 radical (unpaired) electrons. The standard InChI is InChI=1S/C36H54N2O2.C32H31BrN2O2/c1-10-19-38-22-25-26-13-14-29(35(26,8)18-16-27(25)36(9)17-15-24(39)21-31(36)38)32(40)37-30-20-23(33(2,3)4)11-12-28(30)34(5,6)7;1-35(2)19-18-32(36,28-15-9-13-22-10-7-8-14-26(22)28)30(23-11-5-4-6-12-23)27-21-24-20-25(33)16-17-29(24)34-31(27)37-3/h11-12,20-21,25-27,29H,10,13-19,22H2,1-9H3,(H,37,40);4-17,20-21,30,36H,18-19H2,1-3H3/t25?,26?,27?,29-,35+,36-;30-,32-/m11/s1. The van der Waals surface area contributed by atoms with Crippen LogP contribution in [0.15, 0.2) is 132 Å². The number of anilines is 1. The number of benzene rings is 5. The number of allylic oxidation sites excluding steroid dienone is 2. The fraction of sp³-hybridized carbons (Fsp3) is 0.485. The summed E-state index contributed by atoms with van der Waals surface area (Å²) in [5, 5.41) is 19.6. The third-order valence-electron chi connectivity index (χ3n) is 18.6. The first-order chi connectivity index (χ1) is 36.5. The van der Waals surface area contributed by atoms with Gasteiger partial charge in [-0.05, 0) is 156 Å². The monoisotopic (exact) mass is 1100 g/mol. The summed E-state index contributed by atoms with van der Waals surface area (Å²) in [6.07, 6.45) is 9.65. The van der Waals surface area contributed by atoms with E-state index in [0.29, 0.717) is 48.8 Å². The van der Waals surface area contributed by atoms with Crippen molar-refractivity contribution in [2.24, 2.45) is 34.5 Å². The van der Waals surface area contributed by atoms with Crippen molar-refractivity contribution in [2.45, 2.75) is 136 Å². The Morgan fingerprint density at radius 2 is 1.57 bits per heavy atom. The highest BCUT2D eigenvalue weighted by Gasteiger charge is 2.61. The van der Waals surface area contributed by atoms with Gasteiger partial charge in [-0.1, -0.05) is 163 Å². The summed E-state index contributed by atoms with van der Waals surface area (Å²) < 4.78 is 6.86. The smallest absolute Gasteiger partial charge is 0.228 e. The summed E-state index contributed by atoms with van der Waals surface area (Å²) in [4.78, 5) is 36.2. The van der Waals surface area contributed by atoms with Crippen molar-refractivity contribution in [2.75, 3.05) is 46.2 Å². The van der Waals surface area contributed by atoms with Gasteiger partial charge in [0.15, 0.2) is 5.78 Å². The number of methoxy groups -OCH3 is 1. The van der Waals surface area contributed by atoms with Crippen molar-refractivity contribution in [1.29, 1.82) is 0 Å². The summed E-state index contributed by atoms with van der Waals surface area (Å²) in [6, 6.07) is 39.5. The Morgan fingerprint density at radius 1 is 0.844 bits per heavy atom. The number of nitrogens with one attached hydrogen (secondary N) is 1. The lowest BCUT2D eigenvalue weighted by atomic mass is 9.49. The van der Waals surface area contributed by atoms with Crippen molar-refractivity contribution in [3.63, 3.8) is 0 Å². The zero-order valence-electron chi connectivity index (χ0n) is 48.1. The normalized spacial score (nSPS) is 24.5. The Kier molecular flexibility index (Phi) is 16.1. The summed E-state index contributed by atoms with van der Waals surface area (Å²) in [6.45, 7) is 23.3. The fourth-order valence-electron chi connectivity index (χ4n) is 14.6. The average Bonchev–Trinajstić information content (AvgIpc) is 3.94. The number of aromatic nitrogens is 1. The number of ketones is 1. The topological polar surface area (TPSA) is 95.0 Å². The third kappa shape index (κ3) is 11.0. The number of fused-ring (bicyclic) bond motifs is 7. The Balaban J connectivity index is 0.000000188. The zero-order valence-corrected chi connectivity index (χ0v) is 49.7. The number of amides is 1. The number of aliphatic hydroxyl groups is 1. The summed E-state index contributed by atoms with van der Waals surface area (Å²) in [5.41, 5.74) is 7.21. The molecule has 2 saturated carbocycles. The number of hydrogen-bond donors (Lipinski definition) is 2. The summed E-state index contributed by atoms with van der Waals surface area (Å²) in [7, 11) is 5.73. The highest BCUT2D eigenvalue weighted by molar-refractivity contribution is 9.10. The molecule has 6 aromatic rings. The minimum atomic E-state index is -1.25. The van der Waals surface area contributed by atoms with Gasteiger partial charge in [0.2, 0.25) is 11.8 Å². The molecule has 0 bridgehead atoms. The molecule has 3 fully saturated rings. The van der Waals surface area contributed by atoms with Gasteiger partial charge < -0.3 is 25.0 Å². The van der Waals surface area contributed by atoms with E-state index in [1.165, 1.54) is 16.8 Å². The van der Waals surface area contributed by atoms with Crippen molar-refractivity contribution < 1.29 is 19.4 Å². The van der Waals surface area contributed by atoms with E-state index in [4.69, 9.17) is 9.72 Å². The average molecular weight is 1100 g/mol. The molecule has 8 atom stereocenters. The number of piperidine rings is 1. The minimum absolute atomic E-state index is 0.0226. The van der Waals surface area contributed by atoms with Gasteiger partial charge in [-0.25, -0.2) is 4.98 Å². The van der Waals surface area contributed by atoms with Crippen molar-refractivity contribution in [3.05, 3.63) is 159 Å². The molecule has 4 aliphatic rings. The van der Waals surface area contributed by atoms with E-state index < -0.39 is 11.5 Å². The zero-order chi connectivity index (χ0) is 55.2. The van der Waals surface area contributed by atoms with Gasteiger partial charge in [-0.2, -0.15) is 0 Å². The van der Waals surface area contributed by atoms with Gasteiger partial charge in [-0.15, -0.1) is 0 Å². The molecule has 408 valence electrons. The lowest BCUT2D eigenvalue weighted by Crippen LogP contribution is -2.58. The first kappa shape index (κ1) is 56.4. The molecule has 2 N–H and O–H groups in total. The number of carbonyl (C=O) groups excluding carboxylic acids is 2. The molecule has 1 amide bonds. The van der Waals surface area contributed by atoms with Gasteiger partial charge in [0, 0.05) is 76.2 Å². The molecule has 10 rings (SSSR count). The SMILES string of the molecule is CCCN1CC2C(CC[C@@]3(C)C2CC[C@@H]3C(=O)Nc2cc(C(C)(C)C)ccc2C(C)(C)C)[C@@]2(C)CCC(=O)C=C12.COc1nc2ccc(Br)cc2cc1[C@@H](c1ccccc1)[C@@](O)(CCN(C)C)c1cccc2ccccc12. The summed E-state index contributed by atoms with van der Waals surface area (Å²) in [5.74, 6) is 2.41. The number of hydrogen-bond acceptors (Lipinski definition) is 7. The maximum Gasteiger partial charge on any atom is 0.228 e. The highest BCUT2D eigenvalue weighted by atomic mass is 79.9. The second kappa shape index (κ2) is 22.1. The van der Waals surface area contributed by atoms with E-state index in [1.54, 1.807) is 7.11 Å². The Hall–Kier alpha value is -5.35. The van der Waals surface area contributed by atoms with Crippen LogP contribution < -0.4 is 10.1 Å². The molecule has 1 saturated heterocycles. The van der Waals surface area contributed by atoms with Crippen LogP contribution in [0, 0.1) is 34.5 Å². The van der Waals surface area contributed by atoms with Crippen LogP contribution in [0.5, 0.6) is 5.88 Å². The van der Waals surface area contributed by atoms with Gasteiger partial charge in [-0.3, -0.25) is 9.59 Å². The number of pyridine rings is 1. The van der Waals surface area contributed by atoms with Crippen molar-refractivity contribution in [1.82, 2.24) is 14.8 Å². The van der Waals surface area contributed by atoms with Gasteiger partial charge >= 0.3 is 0 Å². The Labute approximate surface area is 468 Å². The number of carbonyl (C=O) groups is 2. The quantitative estimate of drug-likeness (QED) is 0.126. The van der Waals surface area contributed by atoms with E-state index in [2.05, 4.69) is 160 Å². The molecule has 3 unspecified atom stereocenters. The minimum Gasteiger partial charge on any atom is -0.481 e.